The summed E-state index contributed by atoms with van der Waals surface area (Å²) in [7, 11) is 1.67. The van der Waals surface area contributed by atoms with E-state index in [2.05, 4.69) is 21.2 Å². The molecule has 5 nitrogen and oxygen atoms in total. The van der Waals surface area contributed by atoms with Gasteiger partial charge in [0, 0.05) is 20.2 Å². The maximum Gasteiger partial charge on any atom is 0.231 e. The van der Waals surface area contributed by atoms with Crippen LogP contribution >= 0.6 is 15.9 Å². The zero-order valence-electron chi connectivity index (χ0n) is 10.9. The van der Waals surface area contributed by atoms with E-state index in [0.29, 0.717) is 19.8 Å². The third-order valence-corrected chi connectivity index (χ3v) is 3.26. The van der Waals surface area contributed by atoms with Crippen LogP contribution in [0.15, 0.2) is 16.6 Å². The number of halogens is 1. The van der Waals surface area contributed by atoms with Gasteiger partial charge in [-0.1, -0.05) is 0 Å². The van der Waals surface area contributed by atoms with E-state index in [1.54, 1.807) is 7.11 Å². The predicted octanol–water partition coefficient (Wildman–Crippen LogP) is 1.93. The highest BCUT2D eigenvalue weighted by Gasteiger charge is 2.17. The number of ether oxygens (including phenoxy) is 4. The van der Waals surface area contributed by atoms with Gasteiger partial charge < -0.3 is 24.3 Å². The summed E-state index contributed by atoms with van der Waals surface area (Å²) in [5.41, 5.74) is 1.15. The number of methoxy groups -OCH3 is 1. The van der Waals surface area contributed by atoms with Gasteiger partial charge in [0.15, 0.2) is 11.5 Å². The van der Waals surface area contributed by atoms with Crippen molar-refractivity contribution in [3.8, 4) is 11.5 Å². The average molecular weight is 332 g/mol. The van der Waals surface area contributed by atoms with Gasteiger partial charge in [0.25, 0.3) is 0 Å². The van der Waals surface area contributed by atoms with Gasteiger partial charge >= 0.3 is 0 Å². The quantitative estimate of drug-likeness (QED) is 0.737. The first-order valence-corrected chi connectivity index (χ1v) is 6.96. The number of benzene rings is 1. The van der Waals surface area contributed by atoms with Crippen molar-refractivity contribution in [3.05, 3.63) is 22.2 Å². The van der Waals surface area contributed by atoms with Gasteiger partial charge in [0.05, 0.1) is 24.3 Å². The van der Waals surface area contributed by atoms with E-state index in [1.807, 2.05) is 12.1 Å². The lowest BCUT2D eigenvalue weighted by Gasteiger charge is -2.08. The van der Waals surface area contributed by atoms with Gasteiger partial charge in [0.2, 0.25) is 6.79 Å². The molecule has 0 aliphatic carbocycles. The Kier molecular flexibility index (Phi) is 5.91. The molecule has 0 bridgehead atoms. The maximum atomic E-state index is 5.37. The van der Waals surface area contributed by atoms with Gasteiger partial charge in [-0.2, -0.15) is 0 Å². The van der Waals surface area contributed by atoms with Crippen LogP contribution in [0.5, 0.6) is 11.5 Å². The fourth-order valence-corrected chi connectivity index (χ4v) is 2.35. The smallest absolute Gasteiger partial charge is 0.231 e. The molecule has 1 heterocycles. The Morgan fingerprint density at radius 2 is 2.16 bits per heavy atom. The minimum atomic E-state index is 0.290. The molecule has 106 valence electrons. The molecule has 0 saturated heterocycles. The lowest BCUT2D eigenvalue weighted by molar-refractivity contribution is 0.0719. The molecule has 1 aromatic rings. The van der Waals surface area contributed by atoms with Crippen LogP contribution in [0, 0.1) is 0 Å². The lowest BCUT2D eigenvalue weighted by Crippen LogP contribution is -2.20. The fourth-order valence-electron chi connectivity index (χ4n) is 1.74. The van der Waals surface area contributed by atoms with E-state index in [9.17, 15) is 0 Å². The molecule has 0 unspecified atom stereocenters. The molecule has 2 rings (SSSR count). The van der Waals surface area contributed by atoms with Gasteiger partial charge in [-0.05, 0) is 33.6 Å². The normalized spacial score (nSPS) is 12.9. The van der Waals surface area contributed by atoms with Gasteiger partial charge in [-0.25, -0.2) is 0 Å². The summed E-state index contributed by atoms with van der Waals surface area (Å²) in [5.74, 6) is 1.58. The topological polar surface area (TPSA) is 49.0 Å². The predicted molar refractivity (Wildman–Crippen MR) is 74.7 cm³/mol. The van der Waals surface area contributed by atoms with Crippen LogP contribution in [0.2, 0.25) is 0 Å². The Morgan fingerprint density at radius 1 is 1.26 bits per heavy atom. The van der Waals surface area contributed by atoms with Crippen LogP contribution in [-0.4, -0.2) is 40.3 Å². The van der Waals surface area contributed by atoms with E-state index in [0.717, 1.165) is 34.6 Å². The molecule has 1 aliphatic heterocycles. The van der Waals surface area contributed by atoms with E-state index >= 15 is 0 Å². The van der Waals surface area contributed by atoms with E-state index in [1.165, 1.54) is 0 Å². The third kappa shape index (κ3) is 4.35. The van der Waals surface area contributed by atoms with Crippen LogP contribution in [0.25, 0.3) is 0 Å². The van der Waals surface area contributed by atoms with Crippen molar-refractivity contribution in [2.75, 3.05) is 40.3 Å². The van der Waals surface area contributed by atoms with Crippen molar-refractivity contribution >= 4 is 15.9 Å². The second kappa shape index (κ2) is 7.69. The van der Waals surface area contributed by atoms with Crippen LogP contribution < -0.4 is 14.8 Å². The molecular weight excluding hydrogens is 314 g/mol. The average Bonchev–Trinajstić information content (AvgIpc) is 2.86. The number of nitrogens with one attached hydrogen (secondary N) is 1. The molecule has 0 radical (unpaired) electrons. The van der Waals surface area contributed by atoms with E-state index in [-0.39, 0.29) is 6.79 Å². The molecule has 0 amide bonds. The monoisotopic (exact) mass is 331 g/mol. The Bertz CT molecular complexity index is 414. The third-order valence-electron chi connectivity index (χ3n) is 2.67. The van der Waals surface area contributed by atoms with Crippen LogP contribution in [0.4, 0.5) is 0 Å². The molecule has 1 aliphatic rings. The number of hydrogen-bond acceptors (Lipinski definition) is 5. The SMILES string of the molecule is COCCOCCNCc1cc(Br)c2c(c1)OCO2. The fraction of sp³-hybridized carbons (Fsp3) is 0.538. The highest BCUT2D eigenvalue weighted by molar-refractivity contribution is 9.10. The van der Waals surface area contributed by atoms with Crippen molar-refractivity contribution in [1.82, 2.24) is 5.32 Å². The molecule has 0 fully saturated rings. The van der Waals surface area contributed by atoms with Gasteiger partial charge in [-0.15, -0.1) is 0 Å². The lowest BCUT2D eigenvalue weighted by atomic mass is 10.2. The molecular formula is C13H18BrNO4. The number of rotatable bonds is 8. The first-order valence-electron chi connectivity index (χ1n) is 6.16. The molecule has 1 aromatic carbocycles. The molecule has 19 heavy (non-hydrogen) atoms. The Hall–Kier alpha value is -0.820. The highest BCUT2D eigenvalue weighted by Crippen LogP contribution is 2.39. The zero-order valence-corrected chi connectivity index (χ0v) is 12.5. The van der Waals surface area contributed by atoms with Gasteiger partial charge in [-0.3, -0.25) is 0 Å². The maximum absolute atomic E-state index is 5.37. The molecule has 0 atom stereocenters. The Balaban J connectivity index is 1.70. The van der Waals surface area contributed by atoms with Crippen molar-refractivity contribution in [3.63, 3.8) is 0 Å². The van der Waals surface area contributed by atoms with Crippen LogP contribution in [0.1, 0.15) is 5.56 Å². The van der Waals surface area contributed by atoms with Crippen LogP contribution in [0.3, 0.4) is 0 Å². The summed E-state index contributed by atoms with van der Waals surface area (Å²) in [6, 6.07) is 4.03. The molecule has 0 aromatic heterocycles. The summed E-state index contributed by atoms with van der Waals surface area (Å²) in [5, 5.41) is 3.31. The van der Waals surface area contributed by atoms with Gasteiger partial charge in [0.1, 0.15) is 0 Å². The number of hydrogen-bond donors (Lipinski definition) is 1. The first-order chi connectivity index (χ1) is 9.31. The van der Waals surface area contributed by atoms with Crippen molar-refractivity contribution in [2.24, 2.45) is 0 Å². The summed E-state index contributed by atoms with van der Waals surface area (Å²) in [4.78, 5) is 0. The summed E-state index contributed by atoms with van der Waals surface area (Å²) in [6.45, 7) is 3.80. The van der Waals surface area contributed by atoms with Crippen molar-refractivity contribution in [2.45, 2.75) is 6.54 Å². The minimum Gasteiger partial charge on any atom is -0.454 e. The Labute approximate surface area is 121 Å². The second-order valence-corrected chi connectivity index (χ2v) is 4.95. The first kappa shape index (κ1) is 14.6. The largest absolute Gasteiger partial charge is 0.454 e. The van der Waals surface area contributed by atoms with E-state index in [4.69, 9.17) is 18.9 Å². The van der Waals surface area contributed by atoms with Crippen molar-refractivity contribution < 1.29 is 18.9 Å². The molecule has 1 N–H and O–H groups in total. The summed E-state index contributed by atoms with van der Waals surface area (Å²) in [6.07, 6.45) is 0. The molecule has 0 saturated carbocycles. The standard InChI is InChI=1S/C13H18BrNO4/c1-16-4-5-17-3-2-15-8-10-6-11(14)13-12(7-10)18-9-19-13/h6-7,15H,2-5,8-9H2,1H3. The molecule has 6 heteroatoms. The number of fused-ring (bicyclic) bond motifs is 1. The second-order valence-electron chi connectivity index (χ2n) is 4.09. The van der Waals surface area contributed by atoms with Crippen LogP contribution in [-0.2, 0) is 16.0 Å². The Morgan fingerprint density at radius 3 is 3.00 bits per heavy atom. The molecule has 0 spiro atoms. The highest BCUT2D eigenvalue weighted by atomic mass is 79.9. The van der Waals surface area contributed by atoms with E-state index < -0.39 is 0 Å². The summed E-state index contributed by atoms with van der Waals surface area (Å²) >= 11 is 3.48. The zero-order chi connectivity index (χ0) is 13.5. The summed E-state index contributed by atoms with van der Waals surface area (Å²) < 4.78 is 21.9. The minimum absolute atomic E-state index is 0.290. The van der Waals surface area contributed by atoms with Crippen molar-refractivity contribution in [1.29, 1.82) is 0 Å².